The molecule has 2 aromatic rings. The van der Waals surface area contributed by atoms with Crippen LogP contribution in [0.5, 0.6) is 0 Å². The zero-order valence-electron chi connectivity index (χ0n) is 14.2. The quantitative estimate of drug-likeness (QED) is 0.815. The van der Waals surface area contributed by atoms with Gasteiger partial charge in [0, 0.05) is 18.4 Å². The van der Waals surface area contributed by atoms with E-state index in [-0.39, 0.29) is 0 Å². The van der Waals surface area contributed by atoms with E-state index in [9.17, 15) is 0 Å². The summed E-state index contributed by atoms with van der Waals surface area (Å²) in [6.45, 7) is 3.28. The maximum Gasteiger partial charge on any atom is 0.0762 e. The molecule has 24 heavy (non-hydrogen) atoms. The second kappa shape index (κ2) is 7.45. The van der Waals surface area contributed by atoms with Gasteiger partial charge in [-0.05, 0) is 61.9 Å². The van der Waals surface area contributed by atoms with Gasteiger partial charge in [-0.15, -0.1) is 0 Å². The molecule has 0 amide bonds. The molecule has 3 aliphatic heterocycles. The topological polar surface area (TPSA) is 25.4 Å². The average molecular weight is 322 g/mol. The molecule has 0 N–H and O–H groups in total. The zero-order valence-corrected chi connectivity index (χ0v) is 14.2. The summed E-state index contributed by atoms with van der Waals surface area (Å²) < 4.78 is 6.44. The Balaban J connectivity index is 1.40. The number of piperidine rings is 3. The first kappa shape index (κ1) is 15.8. The van der Waals surface area contributed by atoms with Crippen LogP contribution < -0.4 is 0 Å². The molecule has 3 saturated heterocycles. The molecule has 2 bridgehead atoms. The van der Waals surface area contributed by atoms with Gasteiger partial charge in [-0.25, -0.2) is 0 Å². The second-order valence-electron chi connectivity index (χ2n) is 7.08. The van der Waals surface area contributed by atoms with Crippen LogP contribution in [-0.4, -0.2) is 41.7 Å². The maximum absolute atomic E-state index is 6.44. The fraction of sp³-hybridized carbons (Fsp3) is 0.476. The standard InChI is InChI=1S/C21H26N2O/c1-2-5-17(6-3-1)10-14-24-21-19-8-12-23(13-9-19)20(21)15-18-7-4-11-22-16-18/h1-7,11,16,19-21H,8-10,12-15H2. The molecule has 4 heterocycles. The van der Waals surface area contributed by atoms with Gasteiger partial charge in [0.25, 0.3) is 0 Å². The lowest BCUT2D eigenvalue weighted by molar-refractivity contribution is -0.108. The molecular weight excluding hydrogens is 296 g/mol. The molecule has 126 valence electrons. The molecule has 5 rings (SSSR count). The highest BCUT2D eigenvalue weighted by Crippen LogP contribution is 2.35. The van der Waals surface area contributed by atoms with E-state index in [2.05, 4.69) is 46.3 Å². The Bertz CT molecular complexity index is 623. The average Bonchev–Trinajstić information content (AvgIpc) is 2.66. The van der Waals surface area contributed by atoms with Crippen molar-refractivity contribution >= 4 is 0 Å². The van der Waals surface area contributed by atoms with Crippen LogP contribution in [0.15, 0.2) is 54.9 Å². The number of fused-ring (bicyclic) bond motifs is 3. The van der Waals surface area contributed by atoms with Crippen LogP contribution in [-0.2, 0) is 17.6 Å². The Hall–Kier alpha value is -1.71. The van der Waals surface area contributed by atoms with E-state index in [1.165, 1.54) is 37.1 Å². The van der Waals surface area contributed by atoms with Gasteiger partial charge in [0.1, 0.15) is 0 Å². The normalized spacial score (nSPS) is 28.8. The minimum Gasteiger partial charge on any atom is -0.376 e. The number of rotatable bonds is 6. The van der Waals surface area contributed by atoms with E-state index in [0.717, 1.165) is 25.4 Å². The van der Waals surface area contributed by atoms with E-state index in [4.69, 9.17) is 4.74 Å². The molecule has 3 nitrogen and oxygen atoms in total. The van der Waals surface area contributed by atoms with Gasteiger partial charge in [-0.2, -0.15) is 0 Å². The number of nitrogens with zero attached hydrogens (tertiary/aromatic N) is 2. The summed E-state index contributed by atoms with van der Waals surface area (Å²) in [6, 6.07) is 15.4. The smallest absolute Gasteiger partial charge is 0.0762 e. The lowest BCUT2D eigenvalue weighted by atomic mass is 9.78. The molecule has 2 atom stereocenters. The molecule has 3 fully saturated rings. The van der Waals surface area contributed by atoms with E-state index in [1.54, 1.807) is 0 Å². The molecule has 1 aromatic carbocycles. The van der Waals surface area contributed by atoms with Crippen molar-refractivity contribution in [3.05, 3.63) is 66.0 Å². The lowest BCUT2D eigenvalue weighted by Gasteiger charge is -2.50. The van der Waals surface area contributed by atoms with Gasteiger partial charge in [0.2, 0.25) is 0 Å². The molecule has 3 aliphatic rings. The van der Waals surface area contributed by atoms with Gasteiger partial charge in [-0.1, -0.05) is 36.4 Å². The van der Waals surface area contributed by atoms with Crippen LogP contribution in [0, 0.1) is 5.92 Å². The van der Waals surface area contributed by atoms with Crippen molar-refractivity contribution in [3.63, 3.8) is 0 Å². The summed E-state index contributed by atoms with van der Waals surface area (Å²) in [6.07, 6.45) is 8.87. The van der Waals surface area contributed by atoms with E-state index >= 15 is 0 Å². The molecular formula is C21H26N2O. The Kier molecular flexibility index (Phi) is 4.91. The van der Waals surface area contributed by atoms with Gasteiger partial charge in [0.15, 0.2) is 0 Å². The summed E-state index contributed by atoms with van der Waals surface area (Å²) in [7, 11) is 0. The minimum absolute atomic E-state index is 0.372. The largest absolute Gasteiger partial charge is 0.376 e. The van der Waals surface area contributed by atoms with Crippen molar-refractivity contribution in [2.45, 2.75) is 37.8 Å². The van der Waals surface area contributed by atoms with Crippen LogP contribution in [0.1, 0.15) is 24.0 Å². The third kappa shape index (κ3) is 3.52. The lowest BCUT2D eigenvalue weighted by Crippen LogP contribution is -2.59. The number of pyridine rings is 1. The molecule has 0 aliphatic carbocycles. The van der Waals surface area contributed by atoms with Crippen molar-refractivity contribution in [1.82, 2.24) is 9.88 Å². The highest BCUT2D eigenvalue weighted by Gasteiger charge is 2.42. The van der Waals surface area contributed by atoms with E-state index in [0.29, 0.717) is 12.1 Å². The van der Waals surface area contributed by atoms with Crippen LogP contribution in [0.25, 0.3) is 0 Å². The number of hydrogen-bond donors (Lipinski definition) is 0. The van der Waals surface area contributed by atoms with Crippen molar-refractivity contribution in [2.75, 3.05) is 19.7 Å². The van der Waals surface area contributed by atoms with Crippen LogP contribution in [0.2, 0.25) is 0 Å². The number of ether oxygens (including phenoxy) is 1. The molecule has 3 heteroatoms. The van der Waals surface area contributed by atoms with Crippen LogP contribution in [0.4, 0.5) is 0 Å². The number of aromatic nitrogens is 1. The van der Waals surface area contributed by atoms with Crippen LogP contribution in [0.3, 0.4) is 0 Å². The highest BCUT2D eigenvalue weighted by atomic mass is 16.5. The predicted molar refractivity (Wildman–Crippen MR) is 95.9 cm³/mol. The third-order valence-corrected chi connectivity index (χ3v) is 5.60. The van der Waals surface area contributed by atoms with Crippen LogP contribution >= 0.6 is 0 Å². The Labute approximate surface area is 144 Å². The summed E-state index contributed by atoms with van der Waals surface area (Å²) in [4.78, 5) is 6.92. The van der Waals surface area contributed by atoms with Crippen molar-refractivity contribution in [3.8, 4) is 0 Å². The van der Waals surface area contributed by atoms with Gasteiger partial charge >= 0.3 is 0 Å². The Morgan fingerprint density at radius 1 is 1.00 bits per heavy atom. The fourth-order valence-corrected chi connectivity index (χ4v) is 4.31. The Morgan fingerprint density at radius 3 is 2.54 bits per heavy atom. The highest BCUT2D eigenvalue weighted by molar-refractivity contribution is 5.15. The number of benzene rings is 1. The van der Waals surface area contributed by atoms with Crippen molar-refractivity contribution in [2.24, 2.45) is 5.92 Å². The van der Waals surface area contributed by atoms with Gasteiger partial charge < -0.3 is 4.74 Å². The Morgan fingerprint density at radius 2 is 1.79 bits per heavy atom. The maximum atomic E-state index is 6.44. The zero-order chi connectivity index (χ0) is 16.2. The molecule has 2 unspecified atom stereocenters. The van der Waals surface area contributed by atoms with Crippen molar-refractivity contribution < 1.29 is 4.74 Å². The SMILES string of the molecule is c1ccc(CCOC2C3CCN(CC3)C2Cc2cccnc2)cc1. The fourth-order valence-electron chi connectivity index (χ4n) is 4.31. The molecule has 0 spiro atoms. The number of hydrogen-bond acceptors (Lipinski definition) is 3. The predicted octanol–water partition coefficient (Wildman–Crippen LogP) is 3.35. The molecule has 1 aromatic heterocycles. The summed E-state index contributed by atoms with van der Waals surface area (Å²) in [5.41, 5.74) is 2.69. The minimum atomic E-state index is 0.372. The van der Waals surface area contributed by atoms with Gasteiger partial charge in [-0.3, -0.25) is 9.88 Å². The molecule has 0 radical (unpaired) electrons. The third-order valence-electron chi connectivity index (χ3n) is 5.60. The van der Waals surface area contributed by atoms with E-state index in [1.807, 2.05) is 18.5 Å². The summed E-state index contributed by atoms with van der Waals surface area (Å²) in [5, 5.41) is 0. The first-order chi connectivity index (χ1) is 11.9. The van der Waals surface area contributed by atoms with Gasteiger partial charge in [0.05, 0.1) is 12.7 Å². The monoisotopic (exact) mass is 322 g/mol. The first-order valence-corrected chi connectivity index (χ1v) is 9.18. The second-order valence-corrected chi connectivity index (χ2v) is 7.08. The summed E-state index contributed by atoms with van der Waals surface area (Å²) >= 11 is 0. The van der Waals surface area contributed by atoms with Crippen molar-refractivity contribution in [1.29, 1.82) is 0 Å². The summed E-state index contributed by atoms with van der Waals surface area (Å²) in [5.74, 6) is 0.729. The first-order valence-electron chi connectivity index (χ1n) is 9.18. The van der Waals surface area contributed by atoms with E-state index < -0.39 is 0 Å². The molecule has 0 saturated carbocycles.